The molecule has 3 aromatic rings. The summed E-state index contributed by atoms with van der Waals surface area (Å²) < 4.78 is 40.5. The molecule has 1 aliphatic heterocycles. The summed E-state index contributed by atoms with van der Waals surface area (Å²) in [6.45, 7) is 2.92. The van der Waals surface area contributed by atoms with E-state index in [0.717, 1.165) is 12.1 Å². The lowest BCUT2D eigenvalue weighted by Gasteiger charge is -2.28. The minimum Gasteiger partial charge on any atom is -0.477 e. The molecule has 0 spiro atoms. The highest BCUT2D eigenvalue weighted by atomic mass is 19.4. The number of nitrogens with one attached hydrogen (secondary N) is 1. The molecule has 194 valence electrons. The SMILES string of the molecule is CC1(C)C(=O)N(c2ccc(C#N)c(C(F)(F)F)c2)C(=O)N1Cc1ccccc1Nc1ccc(C(=O)O)nc1. The number of alkyl halides is 3. The van der Waals surface area contributed by atoms with Crippen LogP contribution in [0.15, 0.2) is 60.8 Å². The van der Waals surface area contributed by atoms with Crippen molar-refractivity contribution in [1.82, 2.24) is 9.88 Å². The summed E-state index contributed by atoms with van der Waals surface area (Å²) in [5.41, 5.74) is -2.09. The van der Waals surface area contributed by atoms with Crippen molar-refractivity contribution in [2.24, 2.45) is 0 Å². The lowest BCUT2D eigenvalue weighted by molar-refractivity contribution is -0.137. The summed E-state index contributed by atoms with van der Waals surface area (Å²) in [4.78, 5) is 43.5. The zero-order valence-corrected chi connectivity index (χ0v) is 20.1. The van der Waals surface area contributed by atoms with E-state index in [-0.39, 0.29) is 17.9 Å². The van der Waals surface area contributed by atoms with Gasteiger partial charge in [-0.2, -0.15) is 18.4 Å². The highest BCUT2D eigenvalue weighted by molar-refractivity contribution is 6.23. The summed E-state index contributed by atoms with van der Waals surface area (Å²) in [5, 5.41) is 21.2. The van der Waals surface area contributed by atoms with E-state index in [1.165, 1.54) is 43.1 Å². The van der Waals surface area contributed by atoms with E-state index in [1.54, 1.807) is 24.3 Å². The molecular weight excluding hydrogens is 503 g/mol. The van der Waals surface area contributed by atoms with Crippen molar-refractivity contribution in [3.05, 3.63) is 83.2 Å². The Kier molecular flexibility index (Phi) is 6.55. The fourth-order valence-corrected chi connectivity index (χ4v) is 4.03. The molecule has 9 nitrogen and oxygen atoms in total. The van der Waals surface area contributed by atoms with Crippen molar-refractivity contribution in [2.75, 3.05) is 10.2 Å². The van der Waals surface area contributed by atoms with Crippen molar-refractivity contribution >= 4 is 35.0 Å². The first kappa shape index (κ1) is 26.2. The van der Waals surface area contributed by atoms with Crippen LogP contribution in [0.3, 0.4) is 0 Å². The lowest BCUT2D eigenvalue weighted by atomic mass is 10.0. The number of hydrogen-bond donors (Lipinski definition) is 2. The molecule has 1 saturated heterocycles. The molecule has 0 saturated carbocycles. The quantitative estimate of drug-likeness (QED) is 0.427. The number of urea groups is 1. The number of rotatable bonds is 6. The standard InChI is InChI=1S/C26H20F3N5O4/c1-25(2)23(37)34(18-9-7-15(12-30)19(11-18)26(27,28)29)24(38)33(25)14-16-5-3-4-6-20(16)32-17-8-10-21(22(35)36)31-13-17/h3-11,13,32H,14H2,1-2H3,(H,35,36). The van der Waals surface area contributed by atoms with Crippen LogP contribution < -0.4 is 10.2 Å². The van der Waals surface area contributed by atoms with E-state index in [0.29, 0.717) is 27.9 Å². The summed E-state index contributed by atoms with van der Waals surface area (Å²) in [7, 11) is 0. The van der Waals surface area contributed by atoms with Crippen LogP contribution in [0, 0.1) is 11.3 Å². The van der Waals surface area contributed by atoms with E-state index >= 15 is 0 Å². The largest absolute Gasteiger partial charge is 0.477 e. The van der Waals surface area contributed by atoms with E-state index in [4.69, 9.17) is 10.4 Å². The number of para-hydroxylation sites is 1. The van der Waals surface area contributed by atoms with Crippen LogP contribution in [-0.2, 0) is 17.5 Å². The Morgan fingerprint density at radius 1 is 1.13 bits per heavy atom. The minimum absolute atomic E-state index is 0.0692. The highest BCUT2D eigenvalue weighted by Gasteiger charge is 2.52. The van der Waals surface area contributed by atoms with E-state index in [9.17, 15) is 27.6 Å². The molecule has 0 bridgehead atoms. The van der Waals surface area contributed by atoms with Crippen molar-refractivity contribution in [2.45, 2.75) is 32.1 Å². The molecule has 38 heavy (non-hydrogen) atoms. The van der Waals surface area contributed by atoms with Crippen LogP contribution in [-0.4, -0.2) is 38.4 Å². The molecule has 1 fully saturated rings. The number of nitriles is 1. The molecule has 3 amide bonds. The number of imide groups is 1. The van der Waals surface area contributed by atoms with Crippen LogP contribution in [0.25, 0.3) is 0 Å². The van der Waals surface area contributed by atoms with Crippen LogP contribution in [0.1, 0.15) is 41.0 Å². The monoisotopic (exact) mass is 523 g/mol. The molecule has 0 aliphatic carbocycles. The first-order valence-corrected chi connectivity index (χ1v) is 11.2. The number of amides is 3. The van der Waals surface area contributed by atoms with Crippen LogP contribution in [0.2, 0.25) is 0 Å². The molecular formula is C26H20F3N5O4. The third-order valence-corrected chi connectivity index (χ3v) is 6.12. The first-order valence-electron chi connectivity index (χ1n) is 11.2. The van der Waals surface area contributed by atoms with E-state index in [1.807, 2.05) is 0 Å². The number of nitrogens with zero attached hydrogens (tertiary/aromatic N) is 4. The van der Waals surface area contributed by atoms with Gasteiger partial charge in [-0.05, 0) is 55.8 Å². The van der Waals surface area contributed by atoms with Gasteiger partial charge in [-0.15, -0.1) is 0 Å². The summed E-state index contributed by atoms with van der Waals surface area (Å²) in [6.07, 6.45) is -3.52. The molecule has 2 N–H and O–H groups in total. The van der Waals surface area contributed by atoms with Gasteiger partial charge in [-0.25, -0.2) is 19.5 Å². The van der Waals surface area contributed by atoms with Gasteiger partial charge in [-0.1, -0.05) is 18.2 Å². The number of aromatic carboxylic acids is 1. The predicted octanol–water partition coefficient (Wildman–Crippen LogP) is 5.16. The van der Waals surface area contributed by atoms with Gasteiger partial charge in [0.15, 0.2) is 0 Å². The van der Waals surface area contributed by atoms with Crippen molar-refractivity contribution in [1.29, 1.82) is 5.26 Å². The molecule has 2 aromatic carbocycles. The maximum atomic E-state index is 13.5. The number of pyridine rings is 1. The molecule has 0 atom stereocenters. The van der Waals surface area contributed by atoms with E-state index < -0.39 is 40.7 Å². The van der Waals surface area contributed by atoms with Gasteiger partial charge in [0, 0.05) is 5.69 Å². The number of hydrogen-bond acceptors (Lipinski definition) is 6. The Balaban J connectivity index is 1.65. The molecule has 1 aromatic heterocycles. The van der Waals surface area contributed by atoms with Gasteiger partial charge in [-0.3, -0.25) is 4.79 Å². The molecule has 0 radical (unpaired) electrons. The van der Waals surface area contributed by atoms with Gasteiger partial charge < -0.3 is 15.3 Å². The zero-order valence-electron chi connectivity index (χ0n) is 20.1. The van der Waals surface area contributed by atoms with Crippen molar-refractivity contribution in [3.8, 4) is 6.07 Å². The van der Waals surface area contributed by atoms with Gasteiger partial charge >= 0.3 is 18.2 Å². The fourth-order valence-electron chi connectivity index (χ4n) is 4.03. The van der Waals surface area contributed by atoms with Crippen molar-refractivity contribution < 1.29 is 32.7 Å². The number of halogens is 3. The second kappa shape index (κ2) is 9.51. The summed E-state index contributed by atoms with van der Waals surface area (Å²) in [5.74, 6) is -1.90. The van der Waals surface area contributed by atoms with Gasteiger partial charge in [0.1, 0.15) is 11.2 Å². The first-order chi connectivity index (χ1) is 17.8. The fraction of sp³-hybridized carbons (Fsp3) is 0.192. The maximum absolute atomic E-state index is 13.5. The Bertz CT molecular complexity index is 1480. The third-order valence-electron chi connectivity index (χ3n) is 6.12. The third kappa shape index (κ3) is 4.73. The zero-order chi connectivity index (χ0) is 27.8. The molecule has 12 heteroatoms. The average Bonchev–Trinajstić information content (AvgIpc) is 3.03. The van der Waals surface area contributed by atoms with Gasteiger partial charge in [0.25, 0.3) is 5.91 Å². The number of anilines is 3. The minimum atomic E-state index is -4.86. The summed E-state index contributed by atoms with van der Waals surface area (Å²) in [6, 6.07) is 13.1. The van der Waals surface area contributed by atoms with Gasteiger partial charge in [0.05, 0.1) is 41.3 Å². The van der Waals surface area contributed by atoms with E-state index in [2.05, 4.69) is 10.3 Å². The second-order valence-electron chi connectivity index (χ2n) is 8.93. The van der Waals surface area contributed by atoms with Crippen LogP contribution in [0.4, 0.5) is 35.0 Å². The molecule has 4 rings (SSSR count). The number of carboxylic acids is 1. The number of carbonyl (C=O) groups excluding carboxylic acids is 2. The Morgan fingerprint density at radius 2 is 1.84 bits per heavy atom. The smallest absolute Gasteiger partial charge is 0.417 e. The average molecular weight is 523 g/mol. The van der Waals surface area contributed by atoms with Crippen molar-refractivity contribution in [3.63, 3.8) is 0 Å². The molecule has 0 unspecified atom stereocenters. The Morgan fingerprint density at radius 3 is 2.45 bits per heavy atom. The van der Waals surface area contributed by atoms with Crippen LogP contribution in [0.5, 0.6) is 0 Å². The molecule has 2 heterocycles. The normalized spacial score (nSPS) is 14.9. The van der Waals surface area contributed by atoms with Crippen LogP contribution >= 0.6 is 0 Å². The number of aromatic nitrogens is 1. The molecule has 1 aliphatic rings. The Hall–Kier alpha value is -4.92. The topological polar surface area (TPSA) is 127 Å². The van der Waals surface area contributed by atoms with Gasteiger partial charge in [0.2, 0.25) is 0 Å². The predicted molar refractivity (Wildman–Crippen MR) is 130 cm³/mol. The number of benzene rings is 2. The summed E-state index contributed by atoms with van der Waals surface area (Å²) >= 11 is 0. The lowest BCUT2D eigenvalue weighted by Crippen LogP contribution is -2.43. The Labute approximate surface area is 214 Å². The second-order valence-corrected chi connectivity index (χ2v) is 8.93. The highest BCUT2D eigenvalue weighted by Crippen LogP contribution is 2.38. The number of carboxylic acid groups (broad SMARTS) is 1. The number of carbonyl (C=O) groups is 3. The maximum Gasteiger partial charge on any atom is 0.417 e.